The Hall–Kier alpha value is -4.33. The van der Waals surface area contributed by atoms with E-state index in [1.807, 2.05) is 0 Å². The molecule has 0 bridgehead atoms. The van der Waals surface area contributed by atoms with E-state index in [2.05, 4.69) is 10.6 Å². The number of carbonyl (C=O) groups is 2. The predicted octanol–water partition coefficient (Wildman–Crippen LogP) is 4.85. The van der Waals surface area contributed by atoms with Gasteiger partial charge in [-0.2, -0.15) is 0 Å². The fourth-order valence-electron chi connectivity index (χ4n) is 3.14. The molecule has 1 heterocycles. The van der Waals surface area contributed by atoms with E-state index in [4.69, 9.17) is 13.9 Å². The van der Waals surface area contributed by atoms with Crippen LogP contribution in [0.15, 0.2) is 77.2 Å². The van der Waals surface area contributed by atoms with Crippen molar-refractivity contribution in [3.63, 3.8) is 0 Å². The van der Waals surface area contributed by atoms with Gasteiger partial charge >= 0.3 is 0 Å². The summed E-state index contributed by atoms with van der Waals surface area (Å²) in [6.45, 7) is -0.450. The molecule has 1 aromatic heterocycles. The number of methoxy groups -OCH3 is 1. The van der Waals surface area contributed by atoms with Gasteiger partial charge in [-0.1, -0.05) is 36.4 Å². The standard InChI is InChI=1S/C24H19FN2O5/c1-30-20-13-7-4-10-17(20)26-24(29)23-22(15-8-2-5-11-18(15)32-23)27-21(28)14-31-19-12-6-3-9-16(19)25/h2-13H,14H2,1H3,(H,26,29)(H,27,28). The average Bonchev–Trinajstić information content (AvgIpc) is 3.17. The quantitative estimate of drug-likeness (QED) is 0.434. The van der Waals surface area contributed by atoms with Crippen molar-refractivity contribution >= 4 is 34.2 Å². The number of rotatable bonds is 7. The Morgan fingerprint density at radius 2 is 1.59 bits per heavy atom. The molecule has 0 fully saturated rings. The number of hydrogen-bond donors (Lipinski definition) is 2. The van der Waals surface area contributed by atoms with Gasteiger partial charge in [-0.3, -0.25) is 9.59 Å². The number of hydrogen-bond acceptors (Lipinski definition) is 5. The van der Waals surface area contributed by atoms with Gasteiger partial charge in [0, 0.05) is 5.39 Å². The zero-order valence-electron chi connectivity index (χ0n) is 17.1. The molecule has 0 spiro atoms. The second-order valence-corrected chi connectivity index (χ2v) is 6.72. The van der Waals surface area contributed by atoms with E-state index in [1.54, 1.807) is 54.6 Å². The number of fused-ring (bicyclic) bond motifs is 1. The van der Waals surface area contributed by atoms with Crippen LogP contribution in [-0.2, 0) is 4.79 Å². The largest absolute Gasteiger partial charge is 0.495 e. The zero-order valence-corrected chi connectivity index (χ0v) is 17.1. The van der Waals surface area contributed by atoms with Gasteiger partial charge in [0.1, 0.15) is 17.0 Å². The number of amides is 2. The van der Waals surface area contributed by atoms with Crippen molar-refractivity contribution in [2.24, 2.45) is 0 Å². The third-order valence-corrected chi connectivity index (χ3v) is 4.62. The van der Waals surface area contributed by atoms with Crippen molar-refractivity contribution in [1.29, 1.82) is 0 Å². The molecule has 32 heavy (non-hydrogen) atoms. The van der Waals surface area contributed by atoms with Gasteiger partial charge in [-0.05, 0) is 36.4 Å². The average molecular weight is 434 g/mol. The first kappa shape index (κ1) is 20.9. The minimum Gasteiger partial charge on any atom is -0.495 e. The molecule has 4 aromatic rings. The Balaban J connectivity index is 1.58. The van der Waals surface area contributed by atoms with Crippen LogP contribution in [0.4, 0.5) is 15.8 Å². The minimum atomic E-state index is -0.578. The molecule has 8 heteroatoms. The first-order valence-corrected chi connectivity index (χ1v) is 9.70. The molecule has 3 aromatic carbocycles. The first-order valence-electron chi connectivity index (χ1n) is 9.70. The Kier molecular flexibility index (Phi) is 6.03. The maximum Gasteiger partial charge on any atom is 0.293 e. The number of anilines is 2. The molecular weight excluding hydrogens is 415 g/mol. The summed E-state index contributed by atoms with van der Waals surface area (Å²) in [5.41, 5.74) is 1.05. The highest BCUT2D eigenvalue weighted by molar-refractivity contribution is 6.15. The molecule has 0 radical (unpaired) electrons. The van der Waals surface area contributed by atoms with E-state index in [0.29, 0.717) is 22.4 Å². The number of benzene rings is 3. The van der Waals surface area contributed by atoms with E-state index >= 15 is 0 Å². The lowest BCUT2D eigenvalue weighted by atomic mass is 10.2. The molecule has 4 rings (SSSR count). The minimum absolute atomic E-state index is 0.0474. The van der Waals surface area contributed by atoms with Crippen molar-refractivity contribution in [1.82, 2.24) is 0 Å². The Morgan fingerprint density at radius 1 is 0.906 bits per heavy atom. The fraction of sp³-hybridized carbons (Fsp3) is 0.0833. The lowest BCUT2D eigenvalue weighted by Crippen LogP contribution is -2.22. The molecule has 2 amide bonds. The summed E-state index contributed by atoms with van der Waals surface area (Å²) < 4.78 is 30.0. The zero-order chi connectivity index (χ0) is 22.5. The molecular formula is C24H19FN2O5. The Bertz CT molecular complexity index is 1280. The van der Waals surface area contributed by atoms with Crippen LogP contribution in [0, 0.1) is 5.82 Å². The number of furan rings is 1. The molecule has 0 atom stereocenters. The van der Waals surface area contributed by atoms with Crippen LogP contribution in [0.2, 0.25) is 0 Å². The monoisotopic (exact) mass is 434 g/mol. The Labute approximate surface area is 182 Å². The third-order valence-electron chi connectivity index (χ3n) is 4.62. The van der Waals surface area contributed by atoms with Crippen LogP contribution >= 0.6 is 0 Å². The molecule has 162 valence electrons. The summed E-state index contributed by atoms with van der Waals surface area (Å²) in [5, 5.41) is 5.91. The highest BCUT2D eigenvalue weighted by atomic mass is 19.1. The molecule has 0 saturated carbocycles. The van der Waals surface area contributed by atoms with Crippen LogP contribution in [0.1, 0.15) is 10.6 Å². The van der Waals surface area contributed by atoms with Gasteiger partial charge in [0.25, 0.3) is 11.8 Å². The van der Waals surface area contributed by atoms with Gasteiger partial charge in [-0.15, -0.1) is 0 Å². The van der Waals surface area contributed by atoms with Crippen molar-refractivity contribution in [3.8, 4) is 11.5 Å². The van der Waals surface area contributed by atoms with Crippen molar-refractivity contribution in [2.75, 3.05) is 24.4 Å². The first-order chi connectivity index (χ1) is 15.6. The SMILES string of the molecule is COc1ccccc1NC(=O)c1oc2ccccc2c1NC(=O)COc1ccccc1F. The second-order valence-electron chi connectivity index (χ2n) is 6.72. The molecule has 0 unspecified atom stereocenters. The summed E-state index contributed by atoms with van der Waals surface area (Å²) >= 11 is 0. The molecule has 0 aliphatic heterocycles. The van der Waals surface area contributed by atoms with Crippen LogP contribution in [-0.4, -0.2) is 25.5 Å². The maximum atomic E-state index is 13.7. The number of ether oxygens (including phenoxy) is 2. The maximum absolute atomic E-state index is 13.7. The Morgan fingerprint density at radius 3 is 2.38 bits per heavy atom. The van der Waals surface area contributed by atoms with E-state index in [1.165, 1.54) is 25.3 Å². The van der Waals surface area contributed by atoms with Gasteiger partial charge in [0.05, 0.1) is 12.8 Å². The predicted molar refractivity (Wildman–Crippen MR) is 118 cm³/mol. The smallest absolute Gasteiger partial charge is 0.293 e. The molecule has 7 nitrogen and oxygen atoms in total. The van der Waals surface area contributed by atoms with E-state index in [9.17, 15) is 14.0 Å². The summed E-state index contributed by atoms with van der Waals surface area (Å²) in [6.07, 6.45) is 0. The molecule has 0 aliphatic rings. The number of carbonyl (C=O) groups excluding carboxylic acids is 2. The normalized spacial score (nSPS) is 10.6. The van der Waals surface area contributed by atoms with Crippen molar-refractivity contribution < 1.29 is 27.9 Å². The number of nitrogens with one attached hydrogen (secondary N) is 2. The summed E-state index contributed by atoms with van der Waals surface area (Å²) in [5.74, 6) is -1.39. The lowest BCUT2D eigenvalue weighted by Gasteiger charge is -2.10. The summed E-state index contributed by atoms with van der Waals surface area (Å²) in [4.78, 5) is 25.5. The van der Waals surface area contributed by atoms with E-state index in [0.717, 1.165) is 0 Å². The molecule has 2 N–H and O–H groups in total. The van der Waals surface area contributed by atoms with Gasteiger partial charge in [0.15, 0.2) is 18.2 Å². The van der Waals surface area contributed by atoms with Gasteiger partial charge in [-0.25, -0.2) is 4.39 Å². The fourth-order valence-corrected chi connectivity index (χ4v) is 3.14. The van der Waals surface area contributed by atoms with Crippen LogP contribution in [0.25, 0.3) is 11.0 Å². The molecule has 0 aliphatic carbocycles. The molecule has 0 saturated heterocycles. The topological polar surface area (TPSA) is 89.8 Å². The third kappa shape index (κ3) is 4.39. The summed E-state index contributed by atoms with van der Waals surface area (Å²) in [7, 11) is 1.49. The van der Waals surface area contributed by atoms with Crippen LogP contribution < -0.4 is 20.1 Å². The summed E-state index contributed by atoms with van der Waals surface area (Å²) in [6, 6.07) is 19.6. The number of para-hydroxylation sites is 4. The van der Waals surface area contributed by atoms with E-state index in [-0.39, 0.29) is 17.2 Å². The van der Waals surface area contributed by atoms with Crippen LogP contribution in [0.3, 0.4) is 0 Å². The van der Waals surface area contributed by atoms with E-state index < -0.39 is 24.2 Å². The highest BCUT2D eigenvalue weighted by Gasteiger charge is 2.23. The van der Waals surface area contributed by atoms with Crippen molar-refractivity contribution in [2.45, 2.75) is 0 Å². The highest BCUT2D eigenvalue weighted by Crippen LogP contribution is 2.32. The van der Waals surface area contributed by atoms with Crippen LogP contribution in [0.5, 0.6) is 11.5 Å². The van der Waals surface area contributed by atoms with Gasteiger partial charge < -0.3 is 24.5 Å². The lowest BCUT2D eigenvalue weighted by molar-refractivity contribution is -0.118. The van der Waals surface area contributed by atoms with Gasteiger partial charge in [0.2, 0.25) is 5.76 Å². The second kappa shape index (κ2) is 9.22. The number of halogens is 1. The van der Waals surface area contributed by atoms with Crippen molar-refractivity contribution in [3.05, 3.63) is 84.4 Å².